The monoisotopic (exact) mass is 417 g/mol. The minimum Gasteiger partial charge on any atom is -0.497 e. The van der Waals surface area contributed by atoms with E-state index in [0.29, 0.717) is 5.11 Å². The normalized spacial score (nSPS) is 15.5. The average molecular weight is 418 g/mol. The first-order chi connectivity index (χ1) is 14.7. The van der Waals surface area contributed by atoms with Crippen molar-refractivity contribution >= 4 is 28.7 Å². The first kappa shape index (κ1) is 19.9. The van der Waals surface area contributed by atoms with Crippen LogP contribution in [-0.2, 0) is 0 Å². The third-order valence-corrected chi connectivity index (χ3v) is 5.30. The first-order valence-electron chi connectivity index (χ1n) is 9.69. The van der Waals surface area contributed by atoms with Gasteiger partial charge in [0.15, 0.2) is 5.11 Å². The third kappa shape index (κ3) is 4.28. The Morgan fingerprint density at radius 3 is 2.13 bits per heavy atom. The number of hydrazone groups is 1. The van der Waals surface area contributed by atoms with Gasteiger partial charge in [-0.2, -0.15) is 5.10 Å². The van der Waals surface area contributed by atoms with E-state index in [0.717, 1.165) is 40.4 Å². The maximum absolute atomic E-state index is 5.74. The number of ether oxygens (including phenoxy) is 2. The minimum atomic E-state index is -0.0760. The van der Waals surface area contributed by atoms with Crippen LogP contribution >= 0.6 is 12.2 Å². The second-order valence-corrected chi connectivity index (χ2v) is 7.31. The summed E-state index contributed by atoms with van der Waals surface area (Å²) in [7, 11) is 3.30. The number of para-hydroxylation sites is 1. The van der Waals surface area contributed by atoms with Gasteiger partial charge in [-0.1, -0.05) is 48.5 Å². The van der Waals surface area contributed by atoms with E-state index in [1.807, 2.05) is 71.7 Å². The average Bonchev–Trinajstić information content (AvgIpc) is 3.26. The van der Waals surface area contributed by atoms with Gasteiger partial charge in [0.25, 0.3) is 0 Å². The van der Waals surface area contributed by atoms with E-state index < -0.39 is 0 Å². The van der Waals surface area contributed by atoms with Crippen molar-refractivity contribution in [2.75, 3.05) is 19.5 Å². The number of nitrogens with zero attached hydrogens (tertiary/aromatic N) is 2. The van der Waals surface area contributed by atoms with Gasteiger partial charge < -0.3 is 14.8 Å². The fourth-order valence-corrected chi connectivity index (χ4v) is 3.77. The molecule has 1 heterocycles. The summed E-state index contributed by atoms with van der Waals surface area (Å²) in [4.78, 5) is 0. The maximum atomic E-state index is 5.74. The van der Waals surface area contributed by atoms with Crippen molar-refractivity contribution in [3.05, 3.63) is 90.0 Å². The molecule has 5 nitrogen and oxygen atoms in total. The standard InChI is InChI=1S/C24H23N3O2S/c1-28-20-13-18(14-21(15-20)29-2)23-16-22(17-9-5-3-6-10-17)26-27(23)24(30)25-19-11-7-4-8-12-19/h3-15,23H,16H2,1-2H3,(H,25,30). The van der Waals surface area contributed by atoms with Crippen molar-refractivity contribution in [2.24, 2.45) is 5.10 Å². The van der Waals surface area contributed by atoms with E-state index in [1.54, 1.807) is 14.2 Å². The van der Waals surface area contributed by atoms with E-state index in [-0.39, 0.29) is 6.04 Å². The minimum absolute atomic E-state index is 0.0760. The quantitative estimate of drug-likeness (QED) is 0.575. The second kappa shape index (κ2) is 8.97. The molecule has 0 amide bonds. The number of methoxy groups -OCH3 is 2. The highest BCUT2D eigenvalue weighted by Crippen LogP contribution is 2.37. The fraction of sp³-hybridized carbons (Fsp3) is 0.167. The summed E-state index contributed by atoms with van der Waals surface area (Å²) < 4.78 is 11.0. The summed E-state index contributed by atoms with van der Waals surface area (Å²) in [6, 6.07) is 25.9. The molecule has 6 heteroatoms. The molecule has 1 aliphatic heterocycles. The lowest BCUT2D eigenvalue weighted by Crippen LogP contribution is -2.31. The Labute approximate surface area is 181 Å². The van der Waals surface area contributed by atoms with Gasteiger partial charge in [0.2, 0.25) is 0 Å². The lowest BCUT2D eigenvalue weighted by atomic mass is 9.98. The molecular weight excluding hydrogens is 394 g/mol. The largest absolute Gasteiger partial charge is 0.497 e. The molecule has 0 radical (unpaired) electrons. The van der Waals surface area contributed by atoms with Crippen LogP contribution < -0.4 is 14.8 Å². The van der Waals surface area contributed by atoms with Crippen molar-refractivity contribution in [2.45, 2.75) is 12.5 Å². The Hall–Kier alpha value is -3.38. The Morgan fingerprint density at radius 1 is 0.933 bits per heavy atom. The van der Waals surface area contributed by atoms with Gasteiger partial charge in [-0.3, -0.25) is 0 Å². The van der Waals surface area contributed by atoms with Crippen LogP contribution in [0.2, 0.25) is 0 Å². The van der Waals surface area contributed by atoms with Gasteiger partial charge in [-0.05, 0) is 47.6 Å². The molecule has 0 aliphatic carbocycles. The van der Waals surface area contributed by atoms with Crippen molar-refractivity contribution in [3.63, 3.8) is 0 Å². The molecule has 0 saturated heterocycles. The highest BCUT2D eigenvalue weighted by molar-refractivity contribution is 7.80. The predicted molar refractivity (Wildman–Crippen MR) is 124 cm³/mol. The van der Waals surface area contributed by atoms with E-state index >= 15 is 0 Å². The van der Waals surface area contributed by atoms with Crippen LogP contribution in [0.1, 0.15) is 23.6 Å². The number of hydrogen-bond acceptors (Lipinski definition) is 4. The van der Waals surface area contributed by atoms with Crippen LogP contribution in [0.15, 0.2) is 84.0 Å². The molecule has 152 valence electrons. The van der Waals surface area contributed by atoms with Gasteiger partial charge >= 0.3 is 0 Å². The number of hydrogen-bond donors (Lipinski definition) is 1. The molecule has 1 unspecified atom stereocenters. The summed E-state index contributed by atoms with van der Waals surface area (Å²) in [5.41, 5.74) is 4.02. The summed E-state index contributed by atoms with van der Waals surface area (Å²) in [5.74, 6) is 1.47. The molecule has 1 atom stereocenters. The van der Waals surface area contributed by atoms with Gasteiger partial charge in [0, 0.05) is 18.2 Å². The van der Waals surface area contributed by atoms with Crippen LogP contribution in [0.5, 0.6) is 11.5 Å². The van der Waals surface area contributed by atoms with E-state index in [2.05, 4.69) is 17.4 Å². The van der Waals surface area contributed by atoms with Gasteiger partial charge in [0.1, 0.15) is 11.5 Å². The number of nitrogens with one attached hydrogen (secondary N) is 1. The molecule has 30 heavy (non-hydrogen) atoms. The van der Waals surface area contributed by atoms with Crippen molar-refractivity contribution < 1.29 is 9.47 Å². The van der Waals surface area contributed by atoms with Crippen LogP contribution in [0.4, 0.5) is 5.69 Å². The van der Waals surface area contributed by atoms with E-state index in [1.165, 1.54) is 0 Å². The Kier molecular flexibility index (Phi) is 5.95. The maximum Gasteiger partial charge on any atom is 0.194 e. The van der Waals surface area contributed by atoms with Gasteiger partial charge in [-0.15, -0.1) is 0 Å². The zero-order valence-corrected chi connectivity index (χ0v) is 17.7. The highest BCUT2D eigenvalue weighted by atomic mass is 32.1. The summed E-state index contributed by atoms with van der Waals surface area (Å²) >= 11 is 5.74. The molecule has 0 aromatic heterocycles. The Bertz CT molecular complexity index is 1030. The number of benzene rings is 3. The molecular formula is C24H23N3O2S. The Morgan fingerprint density at radius 2 is 1.53 bits per heavy atom. The van der Waals surface area contributed by atoms with Gasteiger partial charge in [0.05, 0.1) is 26.0 Å². The smallest absolute Gasteiger partial charge is 0.194 e. The van der Waals surface area contributed by atoms with E-state index in [4.69, 9.17) is 26.8 Å². The summed E-state index contributed by atoms with van der Waals surface area (Å²) in [6.07, 6.45) is 0.719. The van der Waals surface area contributed by atoms with Gasteiger partial charge in [-0.25, -0.2) is 5.01 Å². The zero-order chi connectivity index (χ0) is 20.9. The number of thiocarbonyl (C=S) groups is 1. The molecule has 1 N–H and O–H groups in total. The summed E-state index contributed by atoms with van der Waals surface area (Å²) in [5, 5.41) is 10.6. The number of anilines is 1. The van der Waals surface area contributed by atoms with Crippen LogP contribution in [-0.4, -0.2) is 30.1 Å². The second-order valence-electron chi connectivity index (χ2n) is 6.92. The summed E-state index contributed by atoms with van der Waals surface area (Å²) in [6.45, 7) is 0. The predicted octanol–water partition coefficient (Wildman–Crippen LogP) is 5.25. The topological polar surface area (TPSA) is 46.1 Å². The third-order valence-electron chi connectivity index (χ3n) is 5.01. The molecule has 0 saturated carbocycles. The van der Waals surface area contributed by atoms with E-state index in [9.17, 15) is 0 Å². The lowest BCUT2D eigenvalue weighted by molar-refractivity contribution is 0.364. The van der Waals surface area contributed by atoms with Crippen LogP contribution in [0.3, 0.4) is 0 Å². The molecule has 0 bridgehead atoms. The highest BCUT2D eigenvalue weighted by Gasteiger charge is 2.32. The molecule has 0 spiro atoms. The molecule has 3 aromatic rings. The van der Waals surface area contributed by atoms with Crippen molar-refractivity contribution in [3.8, 4) is 11.5 Å². The Balaban J connectivity index is 1.70. The molecule has 1 aliphatic rings. The molecule has 3 aromatic carbocycles. The van der Waals surface area contributed by atoms with Crippen molar-refractivity contribution in [1.82, 2.24) is 5.01 Å². The van der Waals surface area contributed by atoms with Crippen LogP contribution in [0, 0.1) is 0 Å². The SMILES string of the molecule is COc1cc(OC)cc(C2CC(c3ccccc3)=NN2C(=S)Nc2ccccc2)c1. The molecule has 0 fully saturated rings. The fourth-order valence-electron chi connectivity index (χ4n) is 3.49. The number of rotatable bonds is 5. The lowest BCUT2D eigenvalue weighted by Gasteiger charge is -2.25. The van der Waals surface area contributed by atoms with Crippen molar-refractivity contribution in [1.29, 1.82) is 0 Å². The van der Waals surface area contributed by atoms with Crippen LogP contribution in [0.25, 0.3) is 0 Å². The molecule has 4 rings (SSSR count). The first-order valence-corrected chi connectivity index (χ1v) is 10.1. The zero-order valence-electron chi connectivity index (χ0n) is 16.9.